The van der Waals surface area contributed by atoms with Crippen LogP contribution in [0, 0.1) is 0 Å². The fraction of sp³-hybridized carbons (Fsp3) is 0.250. The third kappa shape index (κ3) is 5.11. The minimum absolute atomic E-state index is 0.133. The van der Waals surface area contributed by atoms with Crippen molar-refractivity contribution >= 4 is 45.1 Å². The van der Waals surface area contributed by atoms with Gasteiger partial charge in [-0.15, -0.1) is 0 Å². The highest BCUT2D eigenvalue weighted by molar-refractivity contribution is 9.10. The lowest BCUT2D eigenvalue weighted by molar-refractivity contribution is -0.136. The van der Waals surface area contributed by atoms with Crippen LogP contribution in [-0.4, -0.2) is 36.2 Å². The fourth-order valence-corrected chi connectivity index (χ4v) is 3.38. The molecule has 8 heteroatoms. The first kappa shape index (κ1) is 20.4. The van der Waals surface area contributed by atoms with Crippen molar-refractivity contribution in [1.29, 1.82) is 0 Å². The predicted molar refractivity (Wildman–Crippen MR) is 111 cm³/mol. The smallest absolute Gasteiger partial charge is 0.243 e. The van der Waals surface area contributed by atoms with Crippen LogP contribution in [0.2, 0.25) is 5.02 Å². The number of hydrogen-bond acceptors (Lipinski definition) is 4. The molecular weight excluding hydrogens is 446 g/mol. The van der Waals surface area contributed by atoms with E-state index in [1.807, 2.05) is 30.3 Å². The van der Waals surface area contributed by atoms with Crippen LogP contribution in [0.15, 0.2) is 52.0 Å². The predicted octanol–water partition coefficient (Wildman–Crippen LogP) is 3.75. The Kier molecular flexibility index (Phi) is 6.70. The minimum Gasteiger partial charge on any atom is -0.496 e. The van der Waals surface area contributed by atoms with E-state index in [0.29, 0.717) is 23.6 Å². The van der Waals surface area contributed by atoms with Crippen LogP contribution in [0.3, 0.4) is 0 Å². The largest absolute Gasteiger partial charge is 0.496 e. The minimum atomic E-state index is -0.295. The third-order valence-electron chi connectivity index (χ3n) is 4.29. The normalized spacial score (nSPS) is 13.9. The molecule has 146 valence electrons. The standard InChI is InChI=1S/C20H19BrClN3O3/c1-28-18-8-4-15(21)10-14(18)11-23-19(26)12-25-20(27)9-7-17(24-25)13-2-5-16(22)6-3-13/h2-6,8,10H,7,9,11-12H2,1H3,(H,23,26). The lowest BCUT2D eigenvalue weighted by atomic mass is 10.0. The maximum absolute atomic E-state index is 12.4. The number of amides is 2. The highest BCUT2D eigenvalue weighted by atomic mass is 79.9. The van der Waals surface area contributed by atoms with Crippen LogP contribution in [0.5, 0.6) is 5.75 Å². The van der Waals surface area contributed by atoms with E-state index in [1.165, 1.54) is 5.01 Å². The van der Waals surface area contributed by atoms with Gasteiger partial charge in [0.25, 0.3) is 0 Å². The Morgan fingerprint density at radius 2 is 2.00 bits per heavy atom. The van der Waals surface area contributed by atoms with Gasteiger partial charge < -0.3 is 10.1 Å². The van der Waals surface area contributed by atoms with E-state index in [-0.39, 0.29) is 24.9 Å². The molecule has 2 aromatic carbocycles. The van der Waals surface area contributed by atoms with Gasteiger partial charge in [0, 0.05) is 34.4 Å². The quantitative estimate of drug-likeness (QED) is 0.708. The topological polar surface area (TPSA) is 71.0 Å². The molecule has 1 heterocycles. The lowest BCUT2D eigenvalue weighted by Gasteiger charge is -2.23. The summed E-state index contributed by atoms with van der Waals surface area (Å²) >= 11 is 9.32. The van der Waals surface area contributed by atoms with E-state index in [2.05, 4.69) is 26.3 Å². The summed E-state index contributed by atoms with van der Waals surface area (Å²) in [5.41, 5.74) is 2.49. The van der Waals surface area contributed by atoms with E-state index in [0.717, 1.165) is 21.3 Å². The molecule has 0 spiro atoms. The summed E-state index contributed by atoms with van der Waals surface area (Å²) < 4.78 is 6.19. The molecule has 0 bridgehead atoms. The molecule has 6 nitrogen and oxygen atoms in total. The number of benzene rings is 2. The Labute approximate surface area is 176 Å². The summed E-state index contributed by atoms with van der Waals surface area (Å²) in [5.74, 6) is 0.213. The van der Waals surface area contributed by atoms with Crippen molar-refractivity contribution in [2.24, 2.45) is 5.10 Å². The first-order chi connectivity index (χ1) is 13.5. The van der Waals surface area contributed by atoms with Crippen molar-refractivity contribution in [3.8, 4) is 5.75 Å². The van der Waals surface area contributed by atoms with Crippen LogP contribution >= 0.6 is 27.5 Å². The van der Waals surface area contributed by atoms with Gasteiger partial charge in [-0.1, -0.05) is 39.7 Å². The van der Waals surface area contributed by atoms with Crippen molar-refractivity contribution in [1.82, 2.24) is 10.3 Å². The van der Waals surface area contributed by atoms with Gasteiger partial charge in [0.05, 0.1) is 12.8 Å². The zero-order valence-corrected chi connectivity index (χ0v) is 17.6. The second-order valence-electron chi connectivity index (χ2n) is 6.24. The molecule has 0 aromatic heterocycles. The first-order valence-electron chi connectivity index (χ1n) is 8.69. The average molecular weight is 465 g/mol. The highest BCUT2D eigenvalue weighted by Gasteiger charge is 2.23. The number of halogens is 2. The van der Waals surface area contributed by atoms with Crippen LogP contribution in [0.1, 0.15) is 24.0 Å². The summed E-state index contributed by atoms with van der Waals surface area (Å²) in [7, 11) is 1.58. The molecule has 2 amide bonds. The maximum atomic E-state index is 12.4. The number of nitrogens with zero attached hydrogens (tertiary/aromatic N) is 2. The van der Waals surface area contributed by atoms with Crippen molar-refractivity contribution in [3.63, 3.8) is 0 Å². The molecule has 1 aliphatic rings. The fourth-order valence-electron chi connectivity index (χ4n) is 2.84. The van der Waals surface area contributed by atoms with Crippen LogP contribution in [0.4, 0.5) is 0 Å². The Bertz CT molecular complexity index is 915. The second-order valence-corrected chi connectivity index (χ2v) is 7.59. The van der Waals surface area contributed by atoms with Gasteiger partial charge in [0.15, 0.2) is 0 Å². The number of hydrogen-bond donors (Lipinski definition) is 1. The Morgan fingerprint density at radius 3 is 2.71 bits per heavy atom. The van der Waals surface area contributed by atoms with E-state index >= 15 is 0 Å². The molecule has 0 radical (unpaired) electrons. The highest BCUT2D eigenvalue weighted by Crippen LogP contribution is 2.23. The third-order valence-corrected chi connectivity index (χ3v) is 5.04. The van der Waals surface area contributed by atoms with Crippen molar-refractivity contribution < 1.29 is 14.3 Å². The molecule has 1 aliphatic heterocycles. The molecule has 1 N–H and O–H groups in total. The molecule has 2 aromatic rings. The number of carbonyl (C=O) groups is 2. The number of methoxy groups -OCH3 is 1. The number of ether oxygens (including phenoxy) is 1. The van der Waals surface area contributed by atoms with E-state index < -0.39 is 0 Å². The lowest BCUT2D eigenvalue weighted by Crippen LogP contribution is -2.40. The maximum Gasteiger partial charge on any atom is 0.243 e. The van der Waals surface area contributed by atoms with Gasteiger partial charge in [-0.05, 0) is 35.9 Å². The van der Waals surface area contributed by atoms with Crippen LogP contribution < -0.4 is 10.1 Å². The molecule has 0 aliphatic carbocycles. The SMILES string of the molecule is COc1ccc(Br)cc1CNC(=O)CN1N=C(c2ccc(Cl)cc2)CCC1=O. The zero-order valence-electron chi connectivity index (χ0n) is 15.2. The Morgan fingerprint density at radius 1 is 1.25 bits per heavy atom. The average Bonchev–Trinajstić information content (AvgIpc) is 2.69. The summed E-state index contributed by atoms with van der Waals surface area (Å²) in [6, 6.07) is 12.8. The van der Waals surface area contributed by atoms with Gasteiger partial charge in [-0.2, -0.15) is 5.10 Å². The zero-order chi connectivity index (χ0) is 20.1. The monoisotopic (exact) mass is 463 g/mol. The van der Waals surface area contributed by atoms with E-state index in [4.69, 9.17) is 16.3 Å². The summed E-state index contributed by atoms with van der Waals surface area (Å²) in [6.45, 7) is 0.156. The Balaban J connectivity index is 1.65. The molecule has 28 heavy (non-hydrogen) atoms. The first-order valence-corrected chi connectivity index (χ1v) is 9.86. The van der Waals surface area contributed by atoms with Gasteiger partial charge >= 0.3 is 0 Å². The van der Waals surface area contributed by atoms with Gasteiger partial charge in [0.1, 0.15) is 12.3 Å². The summed E-state index contributed by atoms with van der Waals surface area (Å²) in [5, 5.41) is 9.04. The Hall–Kier alpha value is -2.38. The van der Waals surface area contributed by atoms with Crippen molar-refractivity contribution in [3.05, 3.63) is 63.1 Å². The van der Waals surface area contributed by atoms with Crippen LogP contribution in [0.25, 0.3) is 0 Å². The van der Waals surface area contributed by atoms with Gasteiger partial charge in [0.2, 0.25) is 11.8 Å². The molecule has 0 fully saturated rings. The number of rotatable bonds is 6. The molecular formula is C20H19BrClN3O3. The van der Waals surface area contributed by atoms with E-state index in [1.54, 1.807) is 19.2 Å². The number of nitrogens with one attached hydrogen (secondary N) is 1. The summed E-state index contributed by atoms with van der Waals surface area (Å²) in [6.07, 6.45) is 0.849. The number of hydrazone groups is 1. The summed E-state index contributed by atoms with van der Waals surface area (Å²) in [4.78, 5) is 24.5. The second kappa shape index (κ2) is 9.21. The van der Waals surface area contributed by atoms with Crippen molar-refractivity contribution in [2.45, 2.75) is 19.4 Å². The molecule has 0 unspecified atom stereocenters. The molecule has 0 saturated carbocycles. The van der Waals surface area contributed by atoms with Crippen molar-refractivity contribution in [2.75, 3.05) is 13.7 Å². The van der Waals surface area contributed by atoms with E-state index in [9.17, 15) is 9.59 Å². The molecule has 0 atom stereocenters. The van der Waals surface area contributed by atoms with Crippen LogP contribution in [-0.2, 0) is 16.1 Å². The van der Waals surface area contributed by atoms with Gasteiger partial charge in [-0.25, -0.2) is 5.01 Å². The molecule has 0 saturated heterocycles. The molecule has 3 rings (SSSR count). The van der Waals surface area contributed by atoms with Gasteiger partial charge in [-0.3, -0.25) is 9.59 Å². The number of carbonyl (C=O) groups excluding carboxylic acids is 2.